The molecule has 1 saturated heterocycles. The maximum Gasteiger partial charge on any atom is 0.253 e. The lowest BCUT2D eigenvalue weighted by molar-refractivity contribution is 0.0787. The molecule has 1 fully saturated rings. The average molecular weight is 393 g/mol. The maximum atomic E-state index is 12.6. The number of likely N-dealkylation sites (tertiary alicyclic amines) is 1. The van der Waals surface area contributed by atoms with E-state index in [9.17, 15) is 4.79 Å². The van der Waals surface area contributed by atoms with Crippen LogP contribution in [0.4, 0.5) is 0 Å². The molecule has 1 aliphatic heterocycles. The van der Waals surface area contributed by atoms with E-state index < -0.39 is 0 Å². The lowest BCUT2D eigenvalue weighted by Crippen LogP contribution is -2.29. The minimum atomic E-state index is 0. The van der Waals surface area contributed by atoms with Crippen molar-refractivity contribution in [2.24, 2.45) is 11.7 Å². The minimum Gasteiger partial charge on any atom is -0.338 e. The SMILES string of the molecule is Cl.Cl.NCC1CCN(C(=O)c2ccc(-n3cnc4ccccc43)cc2)C1. The standard InChI is InChI=1S/C19H20N4O.2ClH/c20-11-14-9-10-22(12-14)19(24)15-5-7-16(8-6-15)23-13-21-17-3-1-2-4-18(17)23;;/h1-8,13-14H,9-12,20H2;2*1H. The molecule has 0 spiro atoms. The second-order valence-corrected chi connectivity index (χ2v) is 6.29. The van der Waals surface area contributed by atoms with Crippen LogP contribution >= 0.6 is 24.8 Å². The van der Waals surface area contributed by atoms with E-state index in [0.29, 0.717) is 12.5 Å². The lowest BCUT2D eigenvalue weighted by atomic mass is 10.1. The molecule has 2 aromatic carbocycles. The number of hydrogen-bond donors (Lipinski definition) is 1. The Morgan fingerprint density at radius 2 is 1.85 bits per heavy atom. The number of nitrogens with two attached hydrogens (primary N) is 1. The van der Waals surface area contributed by atoms with E-state index in [1.807, 2.05) is 64.3 Å². The van der Waals surface area contributed by atoms with Crippen LogP contribution < -0.4 is 5.73 Å². The summed E-state index contributed by atoms with van der Waals surface area (Å²) in [7, 11) is 0. The average Bonchev–Trinajstić information content (AvgIpc) is 3.28. The molecule has 1 atom stereocenters. The van der Waals surface area contributed by atoms with Crippen LogP contribution in [0.25, 0.3) is 16.7 Å². The van der Waals surface area contributed by atoms with Crippen molar-refractivity contribution in [2.45, 2.75) is 6.42 Å². The zero-order valence-corrected chi connectivity index (χ0v) is 15.9. The predicted molar refractivity (Wildman–Crippen MR) is 109 cm³/mol. The van der Waals surface area contributed by atoms with Gasteiger partial charge in [-0.1, -0.05) is 12.1 Å². The summed E-state index contributed by atoms with van der Waals surface area (Å²) in [6, 6.07) is 15.7. The van der Waals surface area contributed by atoms with Gasteiger partial charge in [-0.05, 0) is 55.3 Å². The fraction of sp³-hybridized carbons (Fsp3) is 0.263. The highest BCUT2D eigenvalue weighted by molar-refractivity contribution is 5.94. The summed E-state index contributed by atoms with van der Waals surface area (Å²) < 4.78 is 2.03. The van der Waals surface area contributed by atoms with Crippen molar-refractivity contribution in [3.05, 3.63) is 60.4 Å². The summed E-state index contributed by atoms with van der Waals surface area (Å²) in [5.41, 5.74) is 9.45. The Labute approximate surface area is 165 Å². The Kier molecular flexibility index (Phi) is 6.64. The molecule has 7 heteroatoms. The number of amides is 1. The first-order valence-corrected chi connectivity index (χ1v) is 8.28. The van der Waals surface area contributed by atoms with E-state index in [4.69, 9.17) is 5.73 Å². The lowest BCUT2D eigenvalue weighted by Gasteiger charge is -2.16. The molecule has 1 unspecified atom stereocenters. The normalized spacial score (nSPS) is 16.2. The summed E-state index contributed by atoms with van der Waals surface area (Å²) >= 11 is 0. The van der Waals surface area contributed by atoms with Crippen LogP contribution in [0, 0.1) is 5.92 Å². The van der Waals surface area contributed by atoms with E-state index >= 15 is 0 Å². The molecule has 1 aliphatic rings. The molecule has 2 N–H and O–H groups in total. The zero-order chi connectivity index (χ0) is 16.5. The number of fused-ring (bicyclic) bond motifs is 1. The van der Waals surface area contributed by atoms with E-state index in [1.54, 1.807) is 0 Å². The van der Waals surface area contributed by atoms with Gasteiger partial charge in [-0.25, -0.2) is 4.98 Å². The van der Waals surface area contributed by atoms with Gasteiger partial charge < -0.3 is 10.6 Å². The van der Waals surface area contributed by atoms with Gasteiger partial charge in [0.25, 0.3) is 5.91 Å². The summed E-state index contributed by atoms with van der Waals surface area (Å²) in [6.45, 7) is 2.22. The van der Waals surface area contributed by atoms with E-state index in [-0.39, 0.29) is 30.7 Å². The minimum absolute atomic E-state index is 0. The molecule has 138 valence electrons. The number of nitrogens with zero attached hydrogens (tertiary/aromatic N) is 3. The smallest absolute Gasteiger partial charge is 0.253 e. The molecule has 4 rings (SSSR count). The van der Waals surface area contributed by atoms with Gasteiger partial charge in [-0.3, -0.25) is 9.36 Å². The Hall–Kier alpha value is -2.08. The molecule has 0 bridgehead atoms. The largest absolute Gasteiger partial charge is 0.338 e. The quantitative estimate of drug-likeness (QED) is 0.743. The molecule has 5 nitrogen and oxygen atoms in total. The fourth-order valence-electron chi connectivity index (χ4n) is 3.32. The molecule has 0 radical (unpaired) electrons. The summed E-state index contributed by atoms with van der Waals surface area (Å²) in [5.74, 6) is 0.526. The number of carbonyl (C=O) groups is 1. The summed E-state index contributed by atoms with van der Waals surface area (Å²) in [6.07, 6.45) is 2.81. The number of imidazole rings is 1. The molecule has 1 amide bonds. The van der Waals surface area contributed by atoms with Crippen molar-refractivity contribution in [1.82, 2.24) is 14.5 Å². The molecule has 0 aliphatic carbocycles. The van der Waals surface area contributed by atoms with Gasteiger partial charge in [0, 0.05) is 24.3 Å². The number of carbonyl (C=O) groups excluding carboxylic acids is 1. The van der Waals surface area contributed by atoms with Gasteiger partial charge in [0.2, 0.25) is 0 Å². The molecule has 26 heavy (non-hydrogen) atoms. The highest BCUT2D eigenvalue weighted by Gasteiger charge is 2.25. The van der Waals surface area contributed by atoms with Crippen molar-refractivity contribution in [3.63, 3.8) is 0 Å². The molecular weight excluding hydrogens is 371 g/mol. The molecule has 0 saturated carbocycles. The molecule has 2 heterocycles. The van der Waals surface area contributed by atoms with Gasteiger partial charge in [0.1, 0.15) is 6.33 Å². The zero-order valence-electron chi connectivity index (χ0n) is 14.2. The second-order valence-electron chi connectivity index (χ2n) is 6.29. The summed E-state index contributed by atoms with van der Waals surface area (Å²) in [5, 5.41) is 0. The third kappa shape index (κ3) is 3.70. The van der Waals surface area contributed by atoms with E-state index in [2.05, 4.69) is 4.98 Å². The first-order valence-electron chi connectivity index (χ1n) is 8.28. The Bertz CT molecular complexity index is 879. The van der Waals surface area contributed by atoms with Crippen molar-refractivity contribution in [2.75, 3.05) is 19.6 Å². The van der Waals surface area contributed by atoms with E-state index in [1.165, 1.54) is 0 Å². The molecule has 3 aromatic rings. The van der Waals surface area contributed by atoms with Crippen LogP contribution in [0.3, 0.4) is 0 Å². The number of benzene rings is 2. The van der Waals surface area contributed by atoms with Crippen LogP contribution in [-0.4, -0.2) is 40.0 Å². The third-order valence-electron chi connectivity index (χ3n) is 4.75. The summed E-state index contributed by atoms with van der Waals surface area (Å²) in [4.78, 5) is 18.9. The first-order chi connectivity index (χ1) is 11.8. The van der Waals surface area contributed by atoms with Crippen LogP contribution in [0.2, 0.25) is 0 Å². The van der Waals surface area contributed by atoms with Crippen molar-refractivity contribution in [3.8, 4) is 5.69 Å². The predicted octanol–water partition coefficient (Wildman–Crippen LogP) is 3.29. The topological polar surface area (TPSA) is 64.2 Å². The van der Waals surface area contributed by atoms with Gasteiger partial charge in [0.15, 0.2) is 0 Å². The van der Waals surface area contributed by atoms with E-state index in [0.717, 1.165) is 41.8 Å². The maximum absolute atomic E-state index is 12.6. The third-order valence-corrected chi connectivity index (χ3v) is 4.75. The number of para-hydroxylation sites is 2. The van der Waals surface area contributed by atoms with Crippen LogP contribution in [-0.2, 0) is 0 Å². The number of rotatable bonds is 3. The van der Waals surface area contributed by atoms with Crippen LogP contribution in [0.15, 0.2) is 54.9 Å². The van der Waals surface area contributed by atoms with Crippen molar-refractivity contribution in [1.29, 1.82) is 0 Å². The second kappa shape index (κ2) is 8.54. The molecule has 1 aromatic heterocycles. The van der Waals surface area contributed by atoms with Crippen molar-refractivity contribution < 1.29 is 4.79 Å². The number of halogens is 2. The highest BCUT2D eigenvalue weighted by Crippen LogP contribution is 2.21. The Balaban J connectivity index is 0.00000121. The Morgan fingerprint density at radius 3 is 2.54 bits per heavy atom. The van der Waals surface area contributed by atoms with Crippen molar-refractivity contribution >= 4 is 41.8 Å². The highest BCUT2D eigenvalue weighted by atomic mass is 35.5. The van der Waals surface area contributed by atoms with Gasteiger partial charge >= 0.3 is 0 Å². The van der Waals surface area contributed by atoms with Gasteiger partial charge in [-0.2, -0.15) is 0 Å². The Morgan fingerprint density at radius 1 is 1.12 bits per heavy atom. The number of hydrogen-bond acceptors (Lipinski definition) is 3. The number of aromatic nitrogens is 2. The monoisotopic (exact) mass is 392 g/mol. The van der Waals surface area contributed by atoms with Gasteiger partial charge in [-0.15, -0.1) is 24.8 Å². The molecular formula is C19H22Cl2N4O. The first kappa shape index (κ1) is 20.2. The van der Waals surface area contributed by atoms with Crippen LogP contribution in [0.5, 0.6) is 0 Å². The fourth-order valence-corrected chi connectivity index (χ4v) is 3.32. The van der Waals surface area contributed by atoms with Crippen LogP contribution in [0.1, 0.15) is 16.8 Å². The van der Waals surface area contributed by atoms with Gasteiger partial charge in [0.05, 0.1) is 11.0 Å².